The van der Waals surface area contributed by atoms with Gasteiger partial charge in [0.2, 0.25) is 0 Å². The van der Waals surface area contributed by atoms with Crippen molar-refractivity contribution in [2.75, 3.05) is 0 Å². The van der Waals surface area contributed by atoms with Crippen LogP contribution < -0.4 is 18.9 Å². The summed E-state index contributed by atoms with van der Waals surface area (Å²) in [6.45, 7) is 9.92. The monoisotopic (exact) mass is 132 g/mol. The van der Waals surface area contributed by atoms with Crippen LogP contribution in [0.3, 0.4) is 0 Å². The summed E-state index contributed by atoms with van der Waals surface area (Å²) in [6.07, 6.45) is 5.86. The topological polar surface area (TPSA) is 0 Å². The molecule has 0 radical (unpaired) electrons. The minimum absolute atomic E-state index is 0. The van der Waals surface area contributed by atoms with E-state index in [0.29, 0.717) is 0 Å². The fourth-order valence-electron chi connectivity index (χ4n) is 0.854. The van der Waals surface area contributed by atoms with E-state index >= 15 is 0 Å². The Morgan fingerprint density at radius 1 is 1.40 bits per heavy atom. The fourth-order valence-corrected chi connectivity index (χ4v) is 0.854. The predicted octanol–water partition coefficient (Wildman–Crippen LogP) is 0.351. The first-order chi connectivity index (χ1) is 4.31. The van der Waals surface area contributed by atoms with Gasteiger partial charge in [0.05, 0.1) is 0 Å². The van der Waals surface area contributed by atoms with Crippen LogP contribution in [-0.4, -0.2) is 0 Å². The first-order valence-electron chi connectivity index (χ1n) is 3.77. The van der Waals surface area contributed by atoms with Crippen molar-refractivity contribution in [3.05, 3.63) is 19.1 Å². The van der Waals surface area contributed by atoms with E-state index in [1.807, 2.05) is 0 Å². The third-order valence-corrected chi connectivity index (χ3v) is 1.38. The zero-order valence-electron chi connectivity index (χ0n) is 7.45. The average molecular weight is 132 g/mol. The molecule has 0 aliphatic rings. The Balaban J connectivity index is 0. The normalized spacial score (nSPS) is 8.60. The van der Waals surface area contributed by atoms with Gasteiger partial charge in [-0.1, -0.05) is 31.9 Å². The van der Waals surface area contributed by atoms with Gasteiger partial charge in [-0.3, -0.25) is 0 Å². The second-order valence-electron chi connectivity index (χ2n) is 2.46. The maximum atomic E-state index is 3.95. The SMILES string of the molecule is C=C(CCC)CCC[CH2-].[Li+]. The molecule has 0 fully saturated rings. The smallest absolute Gasteiger partial charge is 0.343 e. The molecule has 0 nitrogen and oxygen atoms in total. The van der Waals surface area contributed by atoms with Crippen molar-refractivity contribution in [2.24, 2.45) is 0 Å². The third-order valence-electron chi connectivity index (χ3n) is 1.38. The summed E-state index contributed by atoms with van der Waals surface area (Å²) in [5.74, 6) is 0. The molecule has 0 aromatic carbocycles. The zero-order chi connectivity index (χ0) is 7.11. The van der Waals surface area contributed by atoms with Crippen molar-refractivity contribution >= 4 is 0 Å². The van der Waals surface area contributed by atoms with E-state index in [-0.39, 0.29) is 18.9 Å². The van der Waals surface area contributed by atoms with E-state index in [1.54, 1.807) is 0 Å². The predicted molar refractivity (Wildman–Crippen MR) is 43.3 cm³/mol. The zero-order valence-corrected chi connectivity index (χ0v) is 7.45. The Morgan fingerprint density at radius 2 is 2.00 bits per heavy atom. The molecule has 0 heterocycles. The van der Waals surface area contributed by atoms with Gasteiger partial charge in [-0.25, -0.2) is 0 Å². The first kappa shape index (κ1) is 13.0. The summed E-state index contributed by atoms with van der Waals surface area (Å²) in [5, 5.41) is 0. The van der Waals surface area contributed by atoms with E-state index in [9.17, 15) is 0 Å². The second kappa shape index (κ2) is 9.34. The summed E-state index contributed by atoms with van der Waals surface area (Å²) in [4.78, 5) is 0. The molecule has 0 spiro atoms. The van der Waals surface area contributed by atoms with Crippen LogP contribution in [0, 0.1) is 6.92 Å². The van der Waals surface area contributed by atoms with Crippen LogP contribution in [0.1, 0.15) is 39.0 Å². The molecular formula is C9H17Li. The number of hydrogen-bond acceptors (Lipinski definition) is 0. The van der Waals surface area contributed by atoms with Gasteiger partial charge in [0.1, 0.15) is 0 Å². The van der Waals surface area contributed by atoms with Crippen LogP contribution in [0.2, 0.25) is 0 Å². The minimum Gasteiger partial charge on any atom is -0.343 e. The quantitative estimate of drug-likeness (QED) is 0.288. The van der Waals surface area contributed by atoms with Crippen molar-refractivity contribution in [2.45, 2.75) is 39.0 Å². The van der Waals surface area contributed by atoms with Crippen LogP contribution >= 0.6 is 0 Å². The van der Waals surface area contributed by atoms with E-state index in [0.717, 1.165) is 6.42 Å². The van der Waals surface area contributed by atoms with E-state index in [2.05, 4.69) is 20.4 Å². The first-order valence-corrected chi connectivity index (χ1v) is 3.77. The minimum atomic E-state index is 0. The Labute approximate surface area is 77.3 Å². The molecule has 0 aliphatic heterocycles. The van der Waals surface area contributed by atoms with E-state index in [1.165, 1.54) is 31.3 Å². The summed E-state index contributed by atoms with van der Waals surface area (Å²) < 4.78 is 0. The Kier molecular flexibility index (Phi) is 12.1. The molecule has 0 saturated heterocycles. The number of unbranched alkanes of at least 4 members (excludes halogenated alkanes) is 1. The van der Waals surface area contributed by atoms with Gasteiger partial charge in [0, 0.05) is 0 Å². The van der Waals surface area contributed by atoms with Crippen molar-refractivity contribution < 1.29 is 18.9 Å². The van der Waals surface area contributed by atoms with Gasteiger partial charge in [0.25, 0.3) is 0 Å². The molecule has 0 atom stereocenters. The van der Waals surface area contributed by atoms with Crippen molar-refractivity contribution in [3.63, 3.8) is 0 Å². The molecule has 0 N–H and O–H groups in total. The third kappa shape index (κ3) is 8.34. The molecule has 0 rings (SSSR count). The van der Waals surface area contributed by atoms with Gasteiger partial charge in [0.15, 0.2) is 0 Å². The maximum Gasteiger partial charge on any atom is 1.00 e. The molecule has 0 aromatic heterocycles. The van der Waals surface area contributed by atoms with Crippen LogP contribution in [0.5, 0.6) is 0 Å². The molecule has 0 unspecified atom stereocenters. The summed E-state index contributed by atoms with van der Waals surface area (Å²) in [5.41, 5.74) is 1.39. The van der Waals surface area contributed by atoms with E-state index < -0.39 is 0 Å². The molecular weight excluding hydrogens is 115 g/mol. The van der Waals surface area contributed by atoms with Gasteiger partial charge in [-0.15, -0.1) is 0 Å². The van der Waals surface area contributed by atoms with Gasteiger partial charge >= 0.3 is 18.9 Å². The molecule has 0 amide bonds. The summed E-state index contributed by atoms with van der Waals surface area (Å²) in [7, 11) is 0. The van der Waals surface area contributed by atoms with Gasteiger partial charge < -0.3 is 6.92 Å². The molecule has 10 heavy (non-hydrogen) atoms. The van der Waals surface area contributed by atoms with Crippen molar-refractivity contribution in [3.8, 4) is 0 Å². The van der Waals surface area contributed by atoms with Gasteiger partial charge in [-0.05, 0) is 12.8 Å². The maximum absolute atomic E-state index is 3.95. The molecule has 54 valence electrons. The Morgan fingerprint density at radius 3 is 2.40 bits per heavy atom. The van der Waals surface area contributed by atoms with Crippen LogP contribution in [-0.2, 0) is 0 Å². The largest absolute Gasteiger partial charge is 1.00 e. The Bertz CT molecular complexity index is 76.8. The van der Waals surface area contributed by atoms with Crippen molar-refractivity contribution in [1.82, 2.24) is 0 Å². The summed E-state index contributed by atoms with van der Waals surface area (Å²) >= 11 is 0. The van der Waals surface area contributed by atoms with Crippen LogP contribution in [0.15, 0.2) is 12.2 Å². The van der Waals surface area contributed by atoms with Crippen LogP contribution in [0.25, 0.3) is 0 Å². The second-order valence-corrected chi connectivity index (χ2v) is 2.46. The number of hydrogen-bond donors (Lipinski definition) is 0. The molecule has 0 saturated carbocycles. The number of rotatable bonds is 5. The molecule has 1 heteroatoms. The van der Waals surface area contributed by atoms with Crippen LogP contribution in [0.4, 0.5) is 0 Å². The fraction of sp³-hybridized carbons (Fsp3) is 0.667. The molecule has 0 aromatic rings. The standard InChI is InChI=1S/C9H17.Li/c1-4-6-8-9(3)7-5-2;/h1,3-8H2,2H3;/q-1;+1. The Hall–Kier alpha value is 0.337. The molecule has 0 bridgehead atoms. The molecule has 0 aliphatic carbocycles. The van der Waals surface area contributed by atoms with Crippen molar-refractivity contribution in [1.29, 1.82) is 0 Å². The number of allylic oxidation sites excluding steroid dienone is 1. The summed E-state index contributed by atoms with van der Waals surface area (Å²) in [6, 6.07) is 0. The van der Waals surface area contributed by atoms with Gasteiger partial charge in [-0.2, -0.15) is 6.42 Å². The van der Waals surface area contributed by atoms with E-state index in [4.69, 9.17) is 0 Å². The average Bonchev–Trinajstić information content (AvgIpc) is 1.85.